The number of rotatable bonds is 11. The van der Waals surface area contributed by atoms with Crippen molar-refractivity contribution in [1.29, 1.82) is 0 Å². The molecule has 0 aliphatic carbocycles. The number of hydrazone groups is 2. The van der Waals surface area contributed by atoms with Crippen LogP contribution in [0.15, 0.2) is 46.6 Å². The summed E-state index contributed by atoms with van der Waals surface area (Å²) in [5.74, 6) is 1.52. The van der Waals surface area contributed by atoms with Gasteiger partial charge in [0.15, 0.2) is 23.0 Å². The quantitative estimate of drug-likeness (QED) is 0.385. The van der Waals surface area contributed by atoms with E-state index in [4.69, 9.17) is 18.9 Å². The minimum atomic E-state index is -0.393. The lowest BCUT2D eigenvalue weighted by molar-refractivity contribution is -0.126. The van der Waals surface area contributed by atoms with Crippen molar-refractivity contribution in [1.82, 2.24) is 10.9 Å². The number of hydrogen-bond acceptors (Lipinski definition) is 8. The van der Waals surface area contributed by atoms with Gasteiger partial charge in [-0.05, 0) is 50.2 Å². The second kappa shape index (κ2) is 12.8. The van der Waals surface area contributed by atoms with Crippen molar-refractivity contribution in [3.05, 3.63) is 47.5 Å². The molecular weight excluding hydrogens is 440 g/mol. The van der Waals surface area contributed by atoms with Gasteiger partial charge in [0.25, 0.3) is 0 Å². The predicted octanol–water partition coefficient (Wildman–Crippen LogP) is 2.88. The van der Waals surface area contributed by atoms with E-state index in [-0.39, 0.29) is 12.8 Å². The summed E-state index contributed by atoms with van der Waals surface area (Å²) in [5, 5.41) is 8.17. The molecule has 2 aromatic rings. The molecule has 0 heterocycles. The highest BCUT2D eigenvalue weighted by molar-refractivity contribution is 6.00. The molecule has 0 saturated heterocycles. The Hall–Kier alpha value is -4.08. The summed E-state index contributed by atoms with van der Waals surface area (Å²) >= 11 is 0. The number of amides is 2. The van der Waals surface area contributed by atoms with Gasteiger partial charge in [0, 0.05) is 24.0 Å². The Kier molecular flexibility index (Phi) is 9.88. The van der Waals surface area contributed by atoms with E-state index in [0.717, 1.165) is 11.1 Å². The number of ether oxygens (including phenoxy) is 4. The van der Waals surface area contributed by atoms with Crippen molar-refractivity contribution in [3.8, 4) is 23.0 Å². The first-order chi connectivity index (χ1) is 16.3. The zero-order valence-electron chi connectivity index (χ0n) is 20.2. The Morgan fingerprint density at radius 2 is 1.00 bits per heavy atom. The fourth-order valence-electron chi connectivity index (χ4n) is 2.88. The maximum atomic E-state index is 12.1. The third-order valence-electron chi connectivity index (χ3n) is 4.88. The van der Waals surface area contributed by atoms with E-state index in [1.54, 1.807) is 78.7 Å². The standard InChI is InChI=1S/C24H30N4O6/c1-15(17-7-9-19(31-3)21(13-17)33-5)25-27-23(29)11-12-24(30)28-26-16(2)18-8-10-20(32-4)22(14-18)34-6/h7-10,13-14H,11-12H2,1-6H3,(H,27,29)(H,28,30). The topological polar surface area (TPSA) is 120 Å². The van der Waals surface area contributed by atoms with Crippen LogP contribution in [0.1, 0.15) is 37.8 Å². The molecule has 182 valence electrons. The lowest BCUT2D eigenvalue weighted by Crippen LogP contribution is -2.24. The molecule has 2 N–H and O–H groups in total. The van der Waals surface area contributed by atoms with Gasteiger partial charge in [-0.25, -0.2) is 10.9 Å². The Labute approximate surface area is 198 Å². The van der Waals surface area contributed by atoms with Gasteiger partial charge in [0.2, 0.25) is 11.8 Å². The molecule has 0 atom stereocenters. The minimum Gasteiger partial charge on any atom is -0.493 e. The maximum absolute atomic E-state index is 12.1. The molecule has 0 aliphatic heterocycles. The third kappa shape index (κ3) is 7.22. The van der Waals surface area contributed by atoms with Gasteiger partial charge in [-0.15, -0.1) is 0 Å². The summed E-state index contributed by atoms with van der Waals surface area (Å²) in [6.07, 6.45) is -0.0844. The first-order valence-corrected chi connectivity index (χ1v) is 10.4. The highest BCUT2D eigenvalue weighted by Gasteiger charge is 2.10. The van der Waals surface area contributed by atoms with E-state index in [1.165, 1.54) is 0 Å². The summed E-state index contributed by atoms with van der Waals surface area (Å²) in [4.78, 5) is 24.2. The highest BCUT2D eigenvalue weighted by atomic mass is 16.5. The van der Waals surface area contributed by atoms with Crippen molar-refractivity contribution in [2.75, 3.05) is 28.4 Å². The van der Waals surface area contributed by atoms with Crippen LogP contribution >= 0.6 is 0 Å². The van der Waals surface area contributed by atoms with Gasteiger partial charge < -0.3 is 18.9 Å². The first-order valence-electron chi connectivity index (χ1n) is 10.4. The number of carbonyl (C=O) groups excluding carboxylic acids is 2. The summed E-state index contributed by atoms with van der Waals surface area (Å²) in [6, 6.07) is 10.6. The first kappa shape index (κ1) is 26.2. The Morgan fingerprint density at radius 1 is 0.647 bits per heavy atom. The molecule has 0 aliphatic rings. The monoisotopic (exact) mass is 470 g/mol. The van der Waals surface area contributed by atoms with Gasteiger partial charge in [-0.1, -0.05) is 0 Å². The summed E-state index contributed by atoms with van der Waals surface area (Å²) in [5.41, 5.74) is 7.58. The van der Waals surface area contributed by atoms with Crippen LogP contribution in [0.25, 0.3) is 0 Å². The van der Waals surface area contributed by atoms with Crippen molar-refractivity contribution in [2.45, 2.75) is 26.7 Å². The molecule has 10 nitrogen and oxygen atoms in total. The second-order valence-corrected chi connectivity index (χ2v) is 7.10. The minimum absolute atomic E-state index is 0.0422. The van der Waals surface area contributed by atoms with Gasteiger partial charge in [0.1, 0.15) is 0 Å². The summed E-state index contributed by atoms with van der Waals surface area (Å²) < 4.78 is 21.0. The van der Waals surface area contributed by atoms with Crippen LogP contribution in [0.4, 0.5) is 0 Å². The molecule has 0 bridgehead atoms. The van der Waals surface area contributed by atoms with E-state index in [2.05, 4.69) is 21.1 Å². The van der Waals surface area contributed by atoms with Crippen LogP contribution in [0.3, 0.4) is 0 Å². The zero-order valence-corrected chi connectivity index (χ0v) is 20.2. The molecule has 2 aromatic carbocycles. The van der Waals surface area contributed by atoms with Crippen molar-refractivity contribution < 1.29 is 28.5 Å². The van der Waals surface area contributed by atoms with Crippen LogP contribution < -0.4 is 29.8 Å². The third-order valence-corrected chi connectivity index (χ3v) is 4.88. The average Bonchev–Trinajstić information content (AvgIpc) is 2.87. The lowest BCUT2D eigenvalue weighted by atomic mass is 10.1. The van der Waals surface area contributed by atoms with Gasteiger partial charge in [-0.3, -0.25) is 9.59 Å². The maximum Gasteiger partial charge on any atom is 0.240 e. The Balaban J connectivity index is 1.87. The SMILES string of the molecule is COc1ccc(C(C)=NNC(=O)CCC(=O)NN=C(C)c2ccc(OC)c(OC)c2)cc1OC. The number of benzene rings is 2. The molecule has 2 rings (SSSR count). The smallest absolute Gasteiger partial charge is 0.240 e. The summed E-state index contributed by atoms with van der Waals surface area (Å²) in [6.45, 7) is 3.50. The molecule has 0 unspecified atom stereocenters. The van der Waals surface area contributed by atoms with Gasteiger partial charge in [-0.2, -0.15) is 10.2 Å². The van der Waals surface area contributed by atoms with Crippen LogP contribution in [-0.4, -0.2) is 51.7 Å². The van der Waals surface area contributed by atoms with Gasteiger partial charge >= 0.3 is 0 Å². The fourth-order valence-corrected chi connectivity index (χ4v) is 2.88. The number of carbonyl (C=O) groups is 2. The fraction of sp³-hybridized carbons (Fsp3) is 0.333. The van der Waals surface area contributed by atoms with Gasteiger partial charge in [0.05, 0.1) is 39.9 Å². The van der Waals surface area contributed by atoms with Crippen LogP contribution in [0, 0.1) is 0 Å². The molecule has 0 fully saturated rings. The molecule has 2 amide bonds. The number of nitrogens with one attached hydrogen (secondary N) is 2. The van der Waals surface area contributed by atoms with E-state index in [9.17, 15) is 9.59 Å². The van der Waals surface area contributed by atoms with E-state index < -0.39 is 11.8 Å². The van der Waals surface area contributed by atoms with Crippen LogP contribution in [0.2, 0.25) is 0 Å². The number of methoxy groups -OCH3 is 4. The normalized spacial score (nSPS) is 11.5. The molecule has 0 spiro atoms. The number of nitrogens with zero attached hydrogens (tertiary/aromatic N) is 2. The highest BCUT2D eigenvalue weighted by Crippen LogP contribution is 2.28. The molecular formula is C24H30N4O6. The lowest BCUT2D eigenvalue weighted by Gasteiger charge is -2.10. The predicted molar refractivity (Wildman–Crippen MR) is 129 cm³/mol. The second-order valence-electron chi connectivity index (χ2n) is 7.10. The molecule has 0 saturated carbocycles. The van der Waals surface area contributed by atoms with Crippen LogP contribution in [-0.2, 0) is 9.59 Å². The molecule has 10 heteroatoms. The van der Waals surface area contributed by atoms with E-state index >= 15 is 0 Å². The molecule has 0 aromatic heterocycles. The average molecular weight is 471 g/mol. The van der Waals surface area contributed by atoms with Crippen molar-refractivity contribution >= 4 is 23.2 Å². The van der Waals surface area contributed by atoms with Crippen LogP contribution in [0.5, 0.6) is 23.0 Å². The summed E-state index contributed by atoms with van der Waals surface area (Å²) in [7, 11) is 6.19. The van der Waals surface area contributed by atoms with Crippen molar-refractivity contribution in [2.24, 2.45) is 10.2 Å². The largest absolute Gasteiger partial charge is 0.493 e. The zero-order chi connectivity index (χ0) is 25.1. The molecule has 34 heavy (non-hydrogen) atoms. The van der Waals surface area contributed by atoms with E-state index in [0.29, 0.717) is 34.4 Å². The Morgan fingerprint density at radius 3 is 1.32 bits per heavy atom. The van der Waals surface area contributed by atoms with E-state index in [1.807, 2.05) is 0 Å². The van der Waals surface area contributed by atoms with Crippen molar-refractivity contribution in [3.63, 3.8) is 0 Å². The molecule has 0 radical (unpaired) electrons. The Bertz CT molecular complexity index is 996. The number of hydrogen-bond donors (Lipinski definition) is 2.